The quantitative estimate of drug-likeness (QED) is 0.517. The van der Waals surface area contributed by atoms with Crippen molar-refractivity contribution in [2.45, 2.75) is 32.7 Å². The minimum Gasteiger partial charge on any atom is -0.508 e. The second-order valence-electron chi connectivity index (χ2n) is 8.88. The number of nitrogens with zero attached hydrogens (tertiary/aromatic N) is 1. The molecule has 0 saturated heterocycles. The molecule has 3 aromatic rings. The molecule has 7 heteroatoms. The number of urea groups is 1. The van der Waals surface area contributed by atoms with E-state index in [0.717, 1.165) is 33.4 Å². The summed E-state index contributed by atoms with van der Waals surface area (Å²) in [4.78, 5) is 14.1. The molecule has 1 heterocycles. The van der Waals surface area contributed by atoms with E-state index in [9.17, 15) is 9.90 Å². The molecule has 0 aromatic heterocycles. The van der Waals surface area contributed by atoms with Crippen LogP contribution in [-0.4, -0.2) is 43.4 Å². The van der Waals surface area contributed by atoms with Crippen molar-refractivity contribution in [3.8, 4) is 23.0 Å². The Morgan fingerprint density at radius 1 is 1.03 bits per heavy atom. The zero-order valence-electron chi connectivity index (χ0n) is 20.6. The lowest BCUT2D eigenvalue weighted by atomic mass is 9.85. The van der Waals surface area contributed by atoms with Crippen molar-refractivity contribution < 1.29 is 24.1 Å². The van der Waals surface area contributed by atoms with Crippen LogP contribution in [-0.2, 0) is 12.8 Å². The van der Waals surface area contributed by atoms with Gasteiger partial charge < -0.3 is 30.0 Å². The summed E-state index contributed by atoms with van der Waals surface area (Å²) in [6.07, 6.45) is 1.25. The van der Waals surface area contributed by atoms with Gasteiger partial charge in [0.15, 0.2) is 11.5 Å². The van der Waals surface area contributed by atoms with Crippen molar-refractivity contribution >= 4 is 6.03 Å². The van der Waals surface area contributed by atoms with Crippen LogP contribution in [0.2, 0.25) is 0 Å². The standard InChI is InChI=1S/C28H32N2O5/c1-17-5-6-23(18(2)11-17)27-24-16-26(25(34-4)14-20(24)7-9-30(27)28(29)32)35-10-8-19-12-21(31)15-22(13-19)33-3/h5-6,11-16,27,31H,7-10H2,1-4H3,(H2,29,32). The fourth-order valence-corrected chi connectivity index (χ4v) is 4.79. The van der Waals surface area contributed by atoms with E-state index in [1.165, 1.54) is 0 Å². The molecule has 3 aromatic carbocycles. The molecule has 4 rings (SSSR count). The first kappa shape index (κ1) is 24.3. The van der Waals surface area contributed by atoms with Crippen LogP contribution in [0.1, 0.15) is 39.4 Å². The summed E-state index contributed by atoms with van der Waals surface area (Å²) in [5.41, 5.74) is 12.1. The normalized spacial score (nSPS) is 14.9. The Balaban J connectivity index is 1.67. The number of fused-ring (bicyclic) bond motifs is 1. The fourth-order valence-electron chi connectivity index (χ4n) is 4.79. The number of rotatable bonds is 7. The van der Waals surface area contributed by atoms with E-state index in [-0.39, 0.29) is 11.8 Å². The third-order valence-corrected chi connectivity index (χ3v) is 6.49. The van der Waals surface area contributed by atoms with Crippen LogP contribution in [0.5, 0.6) is 23.0 Å². The van der Waals surface area contributed by atoms with Gasteiger partial charge in [0, 0.05) is 19.0 Å². The van der Waals surface area contributed by atoms with Crippen molar-refractivity contribution in [1.29, 1.82) is 0 Å². The number of aromatic hydroxyl groups is 1. The number of hydrogen-bond acceptors (Lipinski definition) is 5. The predicted octanol–water partition coefficient (Wildman–Crippen LogP) is 4.67. The van der Waals surface area contributed by atoms with E-state index in [2.05, 4.69) is 32.0 Å². The molecular weight excluding hydrogens is 444 g/mol. The van der Waals surface area contributed by atoms with Crippen molar-refractivity contribution in [2.24, 2.45) is 5.73 Å². The van der Waals surface area contributed by atoms with Gasteiger partial charge in [0.1, 0.15) is 11.5 Å². The maximum Gasteiger partial charge on any atom is 0.315 e. The van der Waals surface area contributed by atoms with Gasteiger partial charge in [-0.15, -0.1) is 0 Å². The first-order valence-corrected chi connectivity index (χ1v) is 11.6. The van der Waals surface area contributed by atoms with Gasteiger partial charge >= 0.3 is 6.03 Å². The number of aryl methyl sites for hydroxylation is 2. The summed E-state index contributed by atoms with van der Waals surface area (Å²) >= 11 is 0. The van der Waals surface area contributed by atoms with E-state index in [0.29, 0.717) is 43.2 Å². The number of hydrogen-bond donors (Lipinski definition) is 2. The van der Waals surface area contributed by atoms with E-state index in [1.807, 2.05) is 18.2 Å². The van der Waals surface area contributed by atoms with Crippen LogP contribution < -0.4 is 19.9 Å². The molecule has 1 aliphatic rings. The second kappa shape index (κ2) is 10.2. The Morgan fingerprint density at radius 3 is 2.51 bits per heavy atom. The van der Waals surface area contributed by atoms with Gasteiger partial charge in [-0.1, -0.05) is 23.8 Å². The van der Waals surface area contributed by atoms with Gasteiger partial charge in [0.25, 0.3) is 0 Å². The van der Waals surface area contributed by atoms with Gasteiger partial charge in [-0.3, -0.25) is 0 Å². The lowest BCUT2D eigenvalue weighted by molar-refractivity contribution is 0.189. The molecule has 1 atom stereocenters. The molecule has 0 aliphatic carbocycles. The number of methoxy groups -OCH3 is 2. The molecule has 3 N–H and O–H groups in total. The highest BCUT2D eigenvalue weighted by Gasteiger charge is 2.33. The molecule has 2 amide bonds. The number of phenols is 1. The Kier molecular flexibility index (Phi) is 7.05. The number of phenolic OH excluding ortho intramolecular Hbond substituents is 1. The number of carbonyl (C=O) groups excluding carboxylic acids is 1. The number of amides is 2. The average Bonchev–Trinajstić information content (AvgIpc) is 2.82. The van der Waals surface area contributed by atoms with Gasteiger partial charge in [0.05, 0.1) is 26.9 Å². The Bertz CT molecular complexity index is 1240. The molecule has 0 bridgehead atoms. The summed E-state index contributed by atoms with van der Waals surface area (Å²) in [6, 6.07) is 14.6. The highest BCUT2D eigenvalue weighted by Crippen LogP contribution is 2.42. The Morgan fingerprint density at radius 2 is 1.83 bits per heavy atom. The first-order chi connectivity index (χ1) is 16.8. The van der Waals surface area contributed by atoms with Crippen LogP contribution >= 0.6 is 0 Å². The number of ether oxygens (including phenoxy) is 3. The molecule has 0 spiro atoms. The van der Waals surface area contributed by atoms with E-state index in [4.69, 9.17) is 19.9 Å². The second-order valence-corrected chi connectivity index (χ2v) is 8.88. The fraction of sp³-hybridized carbons (Fsp3) is 0.321. The van der Waals surface area contributed by atoms with Crippen molar-refractivity contribution in [3.63, 3.8) is 0 Å². The van der Waals surface area contributed by atoms with E-state index >= 15 is 0 Å². The average molecular weight is 477 g/mol. The summed E-state index contributed by atoms with van der Waals surface area (Å²) in [5.74, 6) is 1.98. The molecule has 184 valence electrons. The molecule has 35 heavy (non-hydrogen) atoms. The molecule has 7 nitrogen and oxygen atoms in total. The summed E-state index contributed by atoms with van der Waals surface area (Å²) < 4.78 is 17.0. The summed E-state index contributed by atoms with van der Waals surface area (Å²) in [7, 11) is 3.18. The van der Waals surface area contributed by atoms with Crippen LogP contribution in [0.15, 0.2) is 48.5 Å². The van der Waals surface area contributed by atoms with Crippen molar-refractivity contribution in [3.05, 3.63) is 81.9 Å². The Labute approximate surface area is 206 Å². The zero-order valence-corrected chi connectivity index (χ0v) is 20.6. The van der Waals surface area contributed by atoms with Crippen LogP contribution in [0.4, 0.5) is 4.79 Å². The van der Waals surface area contributed by atoms with Crippen LogP contribution in [0.3, 0.4) is 0 Å². The molecule has 1 unspecified atom stereocenters. The lowest BCUT2D eigenvalue weighted by Crippen LogP contribution is -2.43. The largest absolute Gasteiger partial charge is 0.508 e. The number of nitrogens with two attached hydrogens (primary N) is 1. The Hall–Kier alpha value is -3.87. The smallest absolute Gasteiger partial charge is 0.315 e. The van der Waals surface area contributed by atoms with Gasteiger partial charge in [-0.05, 0) is 72.4 Å². The van der Waals surface area contributed by atoms with Crippen LogP contribution in [0, 0.1) is 13.8 Å². The SMILES string of the molecule is COc1cc(O)cc(CCOc2cc3c(cc2OC)CCN(C(N)=O)C3c2ccc(C)cc2C)c1. The third-order valence-electron chi connectivity index (χ3n) is 6.49. The summed E-state index contributed by atoms with van der Waals surface area (Å²) in [5, 5.41) is 9.92. The van der Waals surface area contributed by atoms with E-state index < -0.39 is 6.03 Å². The number of benzene rings is 3. The molecule has 0 fully saturated rings. The summed E-state index contributed by atoms with van der Waals surface area (Å²) in [6.45, 7) is 5.01. The molecular formula is C28H32N2O5. The number of carbonyl (C=O) groups is 1. The van der Waals surface area contributed by atoms with Crippen molar-refractivity contribution in [1.82, 2.24) is 4.90 Å². The maximum absolute atomic E-state index is 12.4. The lowest BCUT2D eigenvalue weighted by Gasteiger charge is -2.37. The zero-order chi connectivity index (χ0) is 25.1. The van der Waals surface area contributed by atoms with Gasteiger partial charge in [-0.2, -0.15) is 0 Å². The van der Waals surface area contributed by atoms with Crippen molar-refractivity contribution in [2.75, 3.05) is 27.4 Å². The van der Waals surface area contributed by atoms with Gasteiger partial charge in [-0.25, -0.2) is 4.79 Å². The predicted molar refractivity (Wildman–Crippen MR) is 135 cm³/mol. The highest BCUT2D eigenvalue weighted by atomic mass is 16.5. The maximum atomic E-state index is 12.4. The minimum atomic E-state index is -0.447. The van der Waals surface area contributed by atoms with Crippen LogP contribution in [0.25, 0.3) is 0 Å². The first-order valence-electron chi connectivity index (χ1n) is 11.6. The molecule has 0 saturated carbocycles. The number of primary amides is 1. The minimum absolute atomic E-state index is 0.147. The third kappa shape index (κ3) is 5.14. The highest BCUT2D eigenvalue weighted by molar-refractivity contribution is 5.74. The van der Waals surface area contributed by atoms with E-state index in [1.54, 1.807) is 31.3 Å². The monoisotopic (exact) mass is 476 g/mol. The molecule has 1 aliphatic heterocycles. The molecule has 0 radical (unpaired) electrons. The van der Waals surface area contributed by atoms with Gasteiger partial charge in [0.2, 0.25) is 0 Å². The topological polar surface area (TPSA) is 94.2 Å².